The lowest BCUT2D eigenvalue weighted by Gasteiger charge is -2.31. The molecule has 4 heterocycles. The van der Waals surface area contributed by atoms with Gasteiger partial charge in [0.15, 0.2) is 0 Å². The summed E-state index contributed by atoms with van der Waals surface area (Å²) < 4.78 is 9.47. The Morgan fingerprint density at radius 2 is 2.09 bits per heavy atom. The third kappa shape index (κ3) is 4.01. The summed E-state index contributed by atoms with van der Waals surface area (Å²) in [6.07, 6.45) is 3.72. The number of rotatable bonds is 4. The quantitative estimate of drug-likeness (QED) is 0.655. The van der Waals surface area contributed by atoms with Crippen LogP contribution in [0.1, 0.15) is 39.2 Å². The first kappa shape index (κ1) is 21.6. The molecule has 0 spiro atoms. The van der Waals surface area contributed by atoms with Crippen LogP contribution in [0.4, 0.5) is 5.95 Å². The van der Waals surface area contributed by atoms with E-state index < -0.39 is 5.54 Å². The SMILES string of the molecule is CCn1c(N2CCCC(N)C2)nc2cnn(CC3=NC(C)(C)COc4ccccc43)c(=O)c21. The largest absolute Gasteiger partial charge is 0.490 e. The molecule has 1 fully saturated rings. The van der Waals surface area contributed by atoms with Crippen molar-refractivity contribution in [2.75, 3.05) is 24.6 Å². The molecular formula is C24H31N7O2. The van der Waals surface area contributed by atoms with E-state index in [2.05, 4.69) is 10.00 Å². The maximum absolute atomic E-state index is 13.6. The number of anilines is 1. The molecule has 1 aromatic carbocycles. The van der Waals surface area contributed by atoms with E-state index in [-0.39, 0.29) is 18.1 Å². The van der Waals surface area contributed by atoms with E-state index in [1.54, 1.807) is 6.20 Å². The van der Waals surface area contributed by atoms with Crippen LogP contribution in [0.25, 0.3) is 11.0 Å². The van der Waals surface area contributed by atoms with Crippen molar-refractivity contribution in [1.29, 1.82) is 0 Å². The van der Waals surface area contributed by atoms with E-state index in [4.69, 9.17) is 20.4 Å². The number of piperidine rings is 1. The molecule has 0 radical (unpaired) electrons. The van der Waals surface area contributed by atoms with Crippen molar-refractivity contribution < 1.29 is 4.74 Å². The zero-order chi connectivity index (χ0) is 23.2. The number of nitrogens with two attached hydrogens (primary N) is 1. The second-order valence-corrected chi connectivity index (χ2v) is 9.50. The van der Waals surface area contributed by atoms with Crippen molar-refractivity contribution in [3.8, 4) is 5.75 Å². The van der Waals surface area contributed by atoms with E-state index in [0.29, 0.717) is 24.2 Å². The topological polar surface area (TPSA) is 104 Å². The second kappa shape index (κ2) is 8.30. The maximum atomic E-state index is 13.6. The maximum Gasteiger partial charge on any atom is 0.293 e. The highest BCUT2D eigenvalue weighted by Gasteiger charge is 2.27. The fraction of sp³-hybridized carbons (Fsp3) is 0.500. The summed E-state index contributed by atoms with van der Waals surface area (Å²) in [5.41, 5.74) is 8.48. The van der Waals surface area contributed by atoms with Crippen molar-refractivity contribution in [2.24, 2.45) is 10.7 Å². The van der Waals surface area contributed by atoms with Gasteiger partial charge in [0.1, 0.15) is 23.4 Å². The number of ether oxygens (including phenoxy) is 1. The molecule has 1 unspecified atom stereocenters. The summed E-state index contributed by atoms with van der Waals surface area (Å²) in [5.74, 6) is 1.57. The molecule has 2 aliphatic heterocycles. The average molecular weight is 450 g/mol. The van der Waals surface area contributed by atoms with Gasteiger partial charge in [-0.2, -0.15) is 5.10 Å². The van der Waals surface area contributed by atoms with Crippen LogP contribution in [0, 0.1) is 0 Å². The number of fused-ring (bicyclic) bond motifs is 2. The van der Waals surface area contributed by atoms with Crippen LogP contribution in [0.3, 0.4) is 0 Å². The van der Waals surface area contributed by atoms with Crippen LogP contribution in [0.15, 0.2) is 40.2 Å². The molecular weight excluding hydrogens is 418 g/mol. The highest BCUT2D eigenvalue weighted by molar-refractivity contribution is 6.03. The molecule has 0 bridgehead atoms. The van der Waals surface area contributed by atoms with Gasteiger partial charge >= 0.3 is 0 Å². The van der Waals surface area contributed by atoms with Crippen LogP contribution < -0.4 is 20.9 Å². The highest BCUT2D eigenvalue weighted by Crippen LogP contribution is 2.27. The summed E-state index contributed by atoms with van der Waals surface area (Å²) in [5, 5.41) is 4.46. The predicted octanol–water partition coefficient (Wildman–Crippen LogP) is 2.20. The van der Waals surface area contributed by atoms with Crippen LogP contribution in [-0.4, -0.2) is 56.3 Å². The van der Waals surface area contributed by atoms with Gasteiger partial charge in [0.2, 0.25) is 5.95 Å². The van der Waals surface area contributed by atoms with Gasteiger partial charge in [0.25, 0.3) is 5.56 Å². The van der Waals surface area contributed by atoms with Crippen LogP contribution in [0.5, 0.6) is 5.75 Å². The number of nitrogens with zero attached hydrogens (tertiary/aromatic N) is 6. The fourth-order valence-corrected chi connectivity index (χ4v) is 4.72. The molecule has 2 aliphatic rings. The molecule has 9 heteroatoms. The third-order valence-electron chi connectivity index (χ3n) is 6.30. The Hall–Kier alpha value is -3.20. The van der Waals surface area contributed by atoms with E-state index in [1.807, 2.05) is 49.6 Å². The molecule has 5 rings (SSSR count). The standard InChI is InChI=1S/C24H31N7O2/c1-4-30-21-18(27-23(30)29-11-7-8-16(25)13-29)12-26-31(22(21)32)14-19-17-9-5-6-10-20(17)33-15-24(2,3)28-19/h5-6,9-10,12,16H,4,7-8,11,13-15,25H2,1-3H3. The molecule has 33 heavy (non-hydrogen) atoms. The molecule has 2 aromatic heterocycles. The van der Waals surface area contributed by atoms with Crippen LogP contribution in [-0.2, 0) is 13.1 Å². The van der Waals surface area contributed by atoms with Gasteiger partial charge < -0.3 is 19.9 Å². The van der Waals surface area contributed by atoms with E-state index in [9.17, 15) is 4.79 Å². The van der Waals surface area contributed by atoms with Crippen LogP contribution in [0.2, 0.25) is 0 Å². The molecule has 0 amide bonds. The van der Waals surface area contributed by atoms with Gasteiger partial charge in [-0.3, -0.25) is 9.79 Å². The number of hydrogen-bond acceptors (Lipinski definition) is 7. The number of benzene rings is 1. The summed E-state index contributed by atoms with van der Waals surface area (Å²) in [4.78, 5) is 25.5. The monoisotopic (exact) mass is 449 g/mol. The summed E-state index contributed by atoms with van der Waals surface area (Å²) in [7, 11) is 0. The van der Waals surface area contributed by atoms with Crippen molar-refractivity contribution >= 4 is 22.7 Å². The molecule has 3 aromatic rings. The van der Waals surface area contributed by atoms with Gasteiger partial charge in [-0.25, -0.2) is 9.67 Å². The zero-order valence-electron chi connectivity index (χ0n) is 19.5. The minimum Gasteiger partial charge on any atom is -0.490 e. The summed E-state index contributed by atoms with van der Waals surface area (Å²) >= 11 is 0. The first-order valence-corrected chi connectivity index (χ1v) is 11.6. The lowest BCUT2D eigenvalue weighted by molar-refractivity contribution is 0.248. The minimum atomic E-state index is -0.409. The van der Waals surface area contributed by atoms with Gasteiger partial charge in [-0.1, -0.05) is 12.1 Å². The zero-order valence-corrected chi connectivity index (χ0v) is 19.5. The Balaban J connectivity index is 1.58. The Bertz CT molecular complexity index is 1270. The van der Waals surface area contributed by atoms with Gasteiger partial charge in [-0.05, 0) is 45.7 Å². The molecule has 9 nitrogen and oxygen atoms in total. The van der Waals surface area contributed by atoms with Crippen molar-refractivity contribution in [1.82, 2.24) is 19.3 Å². The molecule has 174 valence electrons. The van der Waals surface area contributed by atoms with Crippen molar-refractivity contribution in [3.63, 3.8) is 0 Å². The van der Waals surface area contributed by atoms with E-state index in [0.717, 1.165) is 48.9 Å². The lowest BCUT2D eigenvalue weighted by Crippen LogP contribution is -2.44. The Kier molecular flexibility index (Phi) is 5.44. The molecule has 2 N–H and O–H groups in total. The number of para-hydroxylation sites is 1. The number of aliphatic imine (C=N–C) groups is 1. The van der Waals surface area contributed by atoms with E-state index in [1.165, 1.54) is 4.68 Å². The van der Waals surface area contributed by atoms with Gasteiger partial charge in [-0.15, -0.1) is 0 Å². The summed E-state index contributed by atoms with van der Waals surface area (Å²) in [6, 6.07) is 7.94. The number of aryl methyl sites for hydroxylation is 1. The Morgan fingerprint density at radius 1 is 1.27 bits per heavy atom. The van der Waals surface area contributed by atoms with Gasteiger partial charge in [0, 0.05) is 31.2 Å². The van der Waals surface area contributed by atoms with Crippen molar-refractivity contribution in [3.05, 3.63) is 46.4 Å². The van der Waals surface area contributed by atoms with Gasteiger partial charge in [0.05, 0.1) is 24.0 Å². The normalized spacial score (nSPS) is 20.2. The highest BCUT2D eigenvalue weighted by atomic mass is 16.5. The Labute approximate surface area is 192 Å². The molecule has 1 saturated heterocycles. The first-order chi connectivity index (χ1) is 15.9. The number of hydrogen-bond donors (Lipinski definition) is 1. The van der Waals surface area contributed by atoms with Crippen LogP contribution >= 0.6 is 0 Å². The molecule has 1 atom stereocenters. The minimum absolute atomic E-state index is 0.123. The van der Waals surface area contributed by atoms with Crippen molar-refractivity contribution in [2.45, 2.75) is 58.3 Å². The predicted molar refractivity (Wildman–Crippen MR) is 129 cm³/mol. The first-order valence-electron chi connectivity index (χ1n) is 11.6. The number of aromatic nitrogens is 4. The third-order valence-corrected chi connectivity index (χ3v) is 6.30. The number of imidazole rings is 1. The van der Waals surface area contributed by atoms with E-state index >= 15 is 0 Å². The fourth-order valence-electron chi connectivity index (χ4n) is 4.72. The molecule has 0 aliphatic carbocycles. The summed E-state index contributed by atoms with van der Waals surface area (Å²) in [6.45, 7) is 9.09. The smallest absolute Gasteiger partial charge is 0.293 e. The Morgan fingerprint density at radius 3 is 2.88 bits per heavy atom. The average Bonchev–Trinajstić information content (AvgIpc) is 3.12. The second-order valence-electron chi connectivity index (χ2n) is 9.50. The lowest BCUT2D eigenvalue weighted by atomic mass is 10.1. The molecule has 0 saturated carbocycles.